The van der Waals surface area contributed by atoms with Crippen molar-refractivity contribution < 1.29 is 9.13 Å². The van der Waals surface area contributed by atoms with Crippen molar-refractivity contribution >= 4 is 17.3 Å². The second kappa shape index (κ2) is 5.31. The Kier molecular flexibility index (Phi) is 3.57. The van der Waals surface area contributed by atoms with E-state index in [9.17, 15) is 4.39 Å². The molecule has 5 nitrogen and oxygen atoms in total. The Balaban J connectivity index is 2.20. The van der Waals surface area contributed by atoms with Gasteiger partial charge >= 0.3 is 0 Å². The highest BCUT2D eigenvalue weighted by Gasteiger charge is 2.06. The van der Waals surface area contributed by atoms with Crippen LogP contribution >= 0.6 is 0 Å². The lowest BCUT2D eigenvalue weighted by Gasteiger charge is -2.09. The molecule has 0 aliphatic carbocycles. The van der Waals surface area contributed by atoms with Crippen LogP contribution in [0.3, 0.4) is 0 Å². The van der Waals surface area contributed by atoms with Gasteiger partial charge in [0.25, 0.3) is 0 Å². The standard InChI is InChI=1S/C12H13FN4O/c1-2-18-10-4-3-8(7-9(10)13)17-12-11(14)15-5-6-16-12/h3-7H,2H2,1H3,(H2,14,15)(H,16,17). The van der Waals surface area contributed by atoms with Crippen LogP contribution in [0.15, 0.2) is 30.6 Å². The number of ether oxygens (including phenoxy) is 1. The third kappa shape index (κ3) is 2.65. The summed E-state index contributed by atoms with van der Waals surface area (Å²) in [5.41, 5.74) is 6.16. The number of hydrogen-bond acceptors (Lipinski definition) is 5. The number of nitrogens with zero attached hydrogens (tertiary/aromatic N) is 2. The molecule has 0 aliphatic heterocycles. The zero-order chi connectivity index (χ0) is 13.0. The van der Waals surface area contributed by atoms with E-state index in [1.54, 1.807) is 19.1 Å². The summed E-state index contributed by atoms with van der Waals surface area (Å²) in [6.07, 6.45) is 2.99. The van der Waals surface area contributed by atoms with Crippen molar-refractivity contribution in [2.75, 3.05) is 17.7 Å². The minimum atomic E-state index is -0.440. The molecule has 0 spiro atoms. The SMILES string of the molecule is CCOc1ccc(Nc2nccnc2N)cc1F. The summed E-state index contributed by atoms with van der Waals surface area (Å²) in [7, 11) is 0. The van der Waals surface area contributed by atoms with Crippen molar-refractivity contribution in [1.29, 1.82) is 0 Å². The summed E-state index contributed by atoms with van der Waals surface area (Å²) in [4.78, 5) is 7.89. The van der Waals surface area contributed by atoms with Gasteiger partial charge in [0.1, 0.15) is 0 Å². The number of aromatic nitrogens is 2. The van der Waals surface area contributed by atoms with Gasteiger partial charge in [0.2, 0.25) is 0 Å². The number of nitrogens with two attached hydrogens (primary N) is 1. The zero-order valence-corrected chi connectivity index (χ0v) is 9.85. The highest BCUT2D eigenvalue weighted by Crippen LogP contribution is 2.24. The summed E-state index contributed by atoms with van der Waals surface area (Å²) in [5, 5.41) is 2.89. The first-order valence-electron chi connectivity index (χ1n) is 5.46. The van der Waals surface area contributed by atoms with Gasteiger partial charge in [0.15, 0.2) is 23.2 Å². The zero-order valence-electron chi connectivity index (χ0n) is 9.85. The first-order valence-corrected chi connectivity index (χ1v) is 5.46. The molecule has 6 heteroatoms. The van der Waals surface area contributed by atoms with Crippen LogP contribution in [0, 0.1) is 5.82 Å². The molecule has 94 valence electrons. The highest BCUT2D eigenvalue weighted by molar-refractivity contribution is 5.65. The van der Waals surface area contributed by atoms with Crippen molar-refractivity contribution in [3.63, 3.8) is 0 Å². The van der Waals surface area contributed by atoms with E-state index >= 15 is 0 Å². The number of nitrogen functional groups attached to an aromatic ring is 1. The molecule has 0 atom stereocenters. The van der Waals surface area contributed by atoms with Gasteiger partial charge in [0, 0.05) is 24.1 Å². The lowest BCUT2D eigenvalue weighted by Crippen LogP contribution is -2.01. The molecule has 0 unspecified atom stereocenters. The molecule has 1 aromatic carbocycles. The normalized spacial score (nSPS) is 10.1. The lowest BCUT2D eigenvalue weighted by molar-refractivity contribution is 0.321. The van der Waals surface area contributed by atoms with Crippen LogP contribution in [-0.2, 0) is 0 Å². The van der Waals surface area contributed by atoms with Gasteiger partial charge in [-0.05, 0) is 19.1 Å². The van der Waals surface area contributed by atoms with E-state index in [4.69, 9.17) is 10.5 Å². The van der Waals surface area contributed by atoms with Gasteiger partial charge in [0.05, 0.1) is 6.61 Å². The average Bonchev–Trinajstić information content (AvgIpc) is 2.36. The fourth-order valence-electron chi connectivity index (χ4n) is 1.43. The van der Waals surface area contributed by atoms with Crippen molar-refractivity contribution in [2.45, 2.75) is 6.92 Å². The maximum absolute atomic E-state index is 13.6. The molecular weight excluding hydrogens is 235 g/mol. The number of nitrogens with one attached hydrogen (secondary N) is 1. The van der Waals surface area contributed by atoms with Crippen molar-refractivity contribution in [1.82, 2.24) is 9.97 Å². The van der Waals surface area contributed by atoms with E-state index in [0.717, 1.165) is 0 Å². The molecule has 0 bridgehead atoms. The molecular formula is C12H13FN4O. The Labute approximate surface area is 104 Å². The lowest BCUT2D eigenvalue weighted by atomic mass is 10.3. The molecule has 3 N–H and O–H groups in total. The summed E-state index contributed by atoms with van der Waals surface area (Å²) >= 11 is 0. The Morgan fingerprint density at radius 2 is 2.11 bits per heavy atom. The van der Waals surface area contributed by atoms with Crippen molar-refractivity contribution in [2.24, 2.45) is 0 Å². The van der Waals surface area contributed by atoms with Crippen LogP contribution in [-0.4, -0.2) is 16.6 Å². The molecule has 0 fully saturated rings. The number of halogens is 1. The molecule has 2 aromatic rings. The molecule has 18 heavy (non-hydrogen) atoms. The van der Waals surface area contributed by atoms with Gasteiger partial charge in [-0.2, -0.15) is 0 Å². The first-order chi connectivity index (χ1) is 8.70. The minimum absolute atomic E-state index is 0.218. The summed E-state index contributed by atoms with van der Waals surface area (Å²) < 4.78 is 18.7. The molecule has 2 rings (SSSR count). The minimum Gasteiger partial charge on any atom is -0.491 e. The Hall–Kier alpha value is -2.37. The highest BCUT2D eigenvalue weighted by atomic mass is 19.1. The molecule has 0 saturated heterocycles. The van der Waals surface area contributed by atoms with E-state index in [1.165, 1.54) is 18.5 Å². The van der Waals surface area contributed by atoms with Gasteiger partial charge in [-0.25, -0.2) is 14.4 Å². The van der Waals surface area contributed by atoms with E-state index < -0.39 is 5.82 Å². The van der Waals surface area contributed by atoms with Crippen LogP contribution in [0.5, 0.6) is 5.75 Å². The van der Waals surface area contributed by atoms with E-state index in [1.807, 2.05) is 0 Å². The Morgan fingerprint density at radius 3 is 2.78 bits per heavy atom. The quantitative estimate of drug-likeness (QED) is 0.868. The van der Waals surface area contributed by atoms with E-state index in [-0.39, 0.29) is 11.6 Å². The molecule has 0 amide bonds. The molecule has 0 saturated carbocycles. The molecule has 0 aliphatic rings. The van der Waals surface area contributed by atoms with Crippen LogP contribution in [0.2, 0.25) is 0 Å². The van der Waals surface area contributed by atoms with Crippen LogP contribution in [0.25, 0.3) is 0 Å². The van der Waals surface area contributed by atoms with Crippen LogP contribution in [0.4, 0.5) is 21.7 Å². The second-order valence-electron chi connectivity index (χ2n) is 3.49. The van der Waals surface area contributed by atoms with Gasteiger partial charge in [-0.3, -0.25) is 0 Å². The van der Waals surface area contributed by atoms with Crippen molar-refractivity contribution in [3.8, 4) is 5.75 Å². The molecule has 1 aromatic heterocycles. The summed E-state index contributed by atoms with van der Waals surface area (Å²) in [5.74, 6) is 0.423. The number of hydrogen-bond donors (Lipinski definition) is 2. The second-order valence-corrected chi connectivity index (χ2v) is 3.49. The predicted molar refractivity (Wildman–Crippen MR) is 67.3 cm³/mol. The maximum atomic E-state index is 13.6. The van der Waals surface area contributed by atoms with Crippen molar-refractivity contribution in [3.05, 3.63) is 36.4 Å². The maximum Gasteiger partial charge on any atom is 0.173 e. The molecule has 0 radical (unpaired) electrons. The van der Waals surface area contributed by atoms with Gasteiger partial charge in [-0.1, -0.05) is 0 Å². The first kappa shape index (κ1) is 12.1. The third-order valence-electron chi connectivity index (χ3n) is 2.22. The molecule has 1 heterocycles. The third-order valence-corrected chi connectivity index (χ3v) is 2.22. The average molecular weight is 248 g/mol. The topological polar surface area (TPSA) is 73.1 Å². The van der Waals surface area contributed by atoms with Crippen LogP contribution in [0.1, 0.15) is 6.92 Å². The van der Waals surface area contributed by atoms with E-state index in [0.29, 0.717) is 18.1 Å². The summed E-state index contributed by atoms with van der Waals surface area (Å²) in [6, 6.07) is 4.55. The summed E-state index contributed by atoms with van der Waals surface area (Å²) in [6.45, 7) is 2.21. The predicted octanol–water partition coefficient (Wildman–Crippen LogP) is 2.34. The van der Waals surface area contributed by atoms with Crippen LogP contribution < -0.4 is 15.8 Å². The number of rotatable bonds is 4. The Bertz CT molecular complexity index is 547. The smallest absolute Gasteiger partial charge is 0.173 e. The van der Waals surface area contributed by atoms with E-state index in [2.05, 4.69) is 15.3 Å². The van der Waals surface area contributed by atoms with Gasteiger partial charge < -0.3 is 15.8 Å². The monoisotopic (exact) mass is 248 g/mol. The fraction of sp³-hybridized carbons (Fsp3) is 0.167. The largest absolute Gasteiger partial charge is 0.491 e. The number of anilines is 3. The van der Waals surface area contributed by atoms with Gasteiger partial charge in [-0.15, -0.1) is 0 Å². The Morgan fingerprint density at radius 1 is 1.33 bits per heavy atom. The fourth-order valence-corrected chi connectivity index (χ4v) is 1.43. The number of benzene rings is 1.